The first-order valence-electron chi connectivity index (χ1n) is 7.65. The average molecular weight is 318 g/mol. The molecule has 0 unspecified atom stereocenters. The lowest BCUT2D eigenvalue weighted by molar-refractivity contribution is 0.102. The average Bonchev–Trinajstić information content (AvgIpc) is 2.57. The van der Waals surface area contributed by atoms with Gasteiger partial charge in [-0.25, -0.2) is 0 Å². The van der Waals surface area contributed by atoms with Crippen molar-refractivity contribution in [3.8, 4) is 0 Å². The van der Waals surface area contributed by atoms with Crippen molar-refractivity contribution in [1.82, 2.24) is 10.2 Å². The van der Waals surface area contributed by atoms with Crippen molar-refractivity contribution in [2.45, 2.75) is 13.8 Å². The van der Waals surface area contributed by atoms with E-state index >= 15 is 0 Å². The number of hydrogen-bond donors (Lipinski definition) is 2. The van der Waals surface area contributed by atoms with Gasteiger partial charge in [0.25, 0.3) is 5.91 Å². The summed E-state index contributed by atoms with van der Waals surface area (Å²) < 4.78 is 0. The Kier molecular flexibility index (Phi) is 4.52. The fourth-order valence-corrected chi connectivity index (χ4v) is 2.22. The zero-order chi connectivity index (χ0) is 16.9. The monoisotopic (exact) mass is 318 g/mol. The fourth-order valence-electron chi connectivity index (χ4n) is 2.22. The van der Waals surface area contributed by atoms with Crippen molar-refractivity contribution in [3.05, 3.63) is 77.5 Å². The van der Waals surface area contributed by atoms with E-state index in [-0.39, 0.29) is 11.6 Å². The summed E-state index contributed by atoms with van der Waals surface area (Å²) in [5, 5.41) is 14.0. The lowest BCUT2D eigenvalue weighted by Gasteiger charge is -2.07. The summed E-state index contributed by atoms with van der Waals surface area (Å²) in [6.07, 6.45) is 0. The Labute approximate surface area is 140 Å². The second-order valence-electron chi connectivity index (χ2n) is 5.62. The number of nitrogens with zero attached hydrogens (tertiary/aromatic N) is 2. The molecule has 0 saturated carbocycles. The lowest BCUT2D eigenvalue weighted by Crippen LogP contribution is -2.14. The normalized spacial score (nSPS) is 10.2. The second kappa shape index (κ2) is 6.91. The van der Waals surface area contributed by atoms with Gasteiger partial charge in [-0.1, -0.05) is 29.8 Å². The molecule has 0 saturated heterocycles. The predicted molar refractivity (Wildman–Crippen MR) is 95.6 cm³/mol. The summed E-state index contributed by atoms with van der Waals surface area (Å²) in [5.74, 6) is 0.306. The Morgan fingerprint density at radius 1 is 0.833 bits per heavy atom. The molecular weight excluding hydrogens is 300 g/mol. The second-order valence-corrected chi connectivity index (χ2v) is 5.62. The number of rotatable bonds is 4. The third kappa shape index (κ3) is 3.95. The van der Waals surface area contributed by atoms with E-state index < -0.39 is 0 Å². The van der Waals surface area contributed by atoms with E-state index in [2.05, 4.69) is 20.8 Å². The van der Waals surface area contributed by atoms with Gasteiger partial charge in [0.2, 0.25) is 0 Å². The molecule has 0 bridgehead atoms. The van der Waals surface area contributed by atoms with Gasteiger partial charge in [0.1, 0.15) is 0 Å². The maximum atomic E-state index is 12.2. The number of carbonyl (C=O) groups is 1. The van der Waals surface area contributed by atoms with E-state index in [1.54, 1.807) is 12.1 Å². The molecule has 0 spiro atoms. The Hall–Kier alpha value is -3.21. The van der Waals surface area contributed by atoms with Crippen molar-refractivity contribution >= 4 is 23.1 Å². The maximum absolute atomic E-state index is 12.2. The van der Waals surface area contributed by atoms with Crippen LogP contribution in [-0.4, -0.2) is 16.1 Å². The Balaban J connectivity index is 1.67. The van der Waals surface area contributed by atoms with Crippen LogP contribution in [0, 0.1) is 13.8 Å². The first-order valence-corrected chi connectivity index (χ1v) is 7.65. The molecule has 120 valence electrons. The number of benzene rings is 2. The van der Waals surface area contributed by atoms with Crippen molar-refractivity contribution in [1.29, 1.82) is 0 Å². The zero-order valence-corrected chi connectivity index (χ0v) is 13.6. The number of aryl methyl sites for hydroxylation is 2. The van der Waals surface area contributed by atoms with Crippen LogP contribution >= 0.6 is 0 Å². The molecule has 3 rings (SSSR count). The smallest absolute Gasteiger partial charge is 0.276 e. The quantitative estimate of drug-likeness (QED) is 0.760. The highest BCUT2D eigenvalue weighted by Gasteiger charge is 2.09. The predicted octanol–water partition coefficient (Wildman–Crippen LogP) is 4.09. The molecule has 5 nitrogen and oxygen atoms in total. The lowest BCUT2D eigenvalue weighted by atomic mass is 10.2. The van der Waals surface area contributed by atoms with E-state index in [4.69, 9.17) is 0 Å². The summed E-state index contributed by atoms with van der Waals surface area (Å²) in [6.45, 7) is 4.01. The molecule has 0 aliphatic heterocycles. The Morgan fingerprint density at radius 2 is 1.62 bits per heavy atom. The SMILES string of the molecule is Cc1ccc(Nc2ccc(C(=O)Nc3cccc(C)c3)nn2)cc1. The molecule has 0 radical (unpaired) electrons. The number of carbonyl (C=O) groups excluding carboxylic acids is 1. The zero-order valence-electron chi connectivity index (χ0n) is 13.6. The summed E-state index contributed by atoms with van der Waals surface area (Å²) >= 11 is 0. The van der Waals surface area contributed by atoms with Gasteiger partial charge in [-0.2, -0.15) is 0 Å². The molecule has 3 aromatic rings. The Bertz CT molecular complexity index is 842. The van der Waals surface area contributed by atoms with Crippen LogP contribution in [0.3, 0.4) is 0 Å². The van der Waals surface area contributed by atoms with E-state index in [0.717, 1.165) is 16.9 Å². The third-order valence-electron chi connectivity index (χ3n) is 3.50. The van der Waals surface area contributed by atoms with Gasteiger partial charge in [-0.3, -0.25) is 4.79 Å². The van der Waals surface area contributed by atoms with Crippen LogP contribution in [-0.2, 0) is 0 Å². The third-order valence-corrected chi connectivity index (χ3v) is 3.50. The minimum atomic E-state index is -0.282. The van der Waals surface area contributed by atoms with Crippen LogP contribution < -0.4 is 10.6 Å². The van der Waals surface area contributed by atoms with Gasteiger partial charge in [-0.15, -0.1) is 10.2 Å². The highest BCUT2D eigenvalue weighted by atomic mass is 16.1. The minimum absolute atomic E-state index is 0.269. The highest BCUT2D eigenvalue weighted by Crippen LogP contribution is 2.15. The molecule has 1 heterocycles. The standard InChI is InChI=1S/C19H18N4O/c1-13-6-8-15(9-7-13)20-18-11-10-17(22-23-18)19(24)21-16-5-3-4-14(2)12-16/h3-12H,1-2H3,(H,20,23)(H,21,24). The fraction of sp³-hybridized carbons (Fsp3) is 0.105. The van der Waals surface area contributed by atoms with Crippen molar-refractivity contribution in [2.24, 2.45) is 0 Å². The summed E-state index contributed by atoms with van der Waals surface area (Å²) in [7, 11) is 0. The first kappa shape index (κ1) is 15.7. The van der Waals surface area contributed by atoms with Crippen LogP contribution in [0.2, 0.25) is 0 Å². The highest BCUT2D eigenvalue weighted by molar-refractivity contribution is 6.02. The molecule has 1 amide bonds. The minimum Gasteiger partial charge on any atom is -0.339 e. The van der Waals surface area contributed by atoms with Crippen molar-refractivity contribution in [3.63, 3.8) is 0 Å². The van der Waals surface area contributed by atoms with Crippen LogP contribution in [0.25, 0.3) is 0 Å². The molecule has 1 aromatic heterocycles. The van der Waals surface area contributed by atoms with Crippen LogP contribution in [0.4, 0.5) is 17.2 Å². The summed E-state index contributed by atoms with van der Waals surface area (Å²) in [4.78, 5) is 12.2. The van der Waals surface area contributed by atoms with Gasteiger partial charge < -0.3 is 10.6 Å². The number of anilines is 3. The molecule has 0 aliphatic carbocycles. The van der Waals surface area contributed by atoms with Gasteiger partial charge in [0.05, 0.1) is 0 Å². The first-order chi connectivity index (χ1) is 11.6. The largest absolute Gasteiger partial charge is 0.339 e. The molecular formula is C19H18N4O. The number of nitrogens with one attached hydrogen (secondary N) is 2. The number of hydrogen-bond acceptors (Lipinski definition) is 4. The number of amides is 1. The van der Waals surface area contributed by atoms with Crippen molar-refractivity contribution in [2.75, 3.05) is 10.6 Å². The Morgan fingerprint density at radius 3 is 2.29 bits per heavy atom. The van der Waals surface area contributed by atoms with Crippen molar-refractivity contribution < 1.29 is 4.79 Å². The molecule has 0 fully saturated rings. The molecule has 24 heavy (non-hydrogen) atoms. The molecule has 5 heteroatoms. The van der Waals surface area contributed by atoms with Gasteiger partial charge in [-0.05, 0) is 55.8 Å². The van der Waals surface area contributed by atoms with Gasteiger partial charge in [0.15, 0.2) is 11.5 Å². The topological polar surface area (TPSA) is 66.9 Å². The maximum Gasteiger partial charge on any atom is 0.276 e. The molecule has 0 atom stereocenters. The molecule has 2 N–H and O–H groups in total. The van der Waals surface area contributed by atoms with Crippen LogP contribution in [0.1, 0.15) is 21.6 Å². The van der Waals surface area contributed by atoms with E-state index in [9.17, 15) is 4.79 Å². The molecule has 2 aromatic carbocycles. The summed E-state index contributed by atoms with van der Waals surface area (Å²) in [5.41, 5.74) is 4.20. The van der Waals surface area contributed by atoms with Crippen LogP contribution in [0.5, 0.6) is 0 Å². The van der Waals surface area contributed by atoms with E-state index in [1.807, 2.05) is 62.4 Å². The molecule has 0 aliphatic rings. The number of aromatic nitrogens is 2. The summed E-state index contributed by atoms with van der Waals surface area (Å²) in [6, 6.07) is 19.0. The van der Waals surface area contributed by atoms with Crippen LogP contribution in [0.15, 0.2) is 60.7 Å². The van der Waals surface area contributed by atoms with Gasteiger partial charge in [0, 0.05) is 11.4 Å². The van der Waals surface area contributed by atoms with Gasteiger partial charge >= 0.3 is 0 Å². The van der Waals surface area contributed by atoms with E-state index in [1.165, 1.54) is 5.56 Å². The van der Waals surface area contributed by atoms with E-state index in [0.29, 0.717) is 5.82 Å².